The molecular weight excluding hydrogens is 324 g/mol. The minimum Gasteiger partial charge on any atom is -0.491 e. The van der Waals surface area contributed by atoms with E-state index in [1.165, 1.54) is 6.07 Å². The summed E-state index contributed by atoms with van der Waals surface area (Å²) in [6.45, 7) is 7.93. The van der Waals surface area contributed by atoms with Gasteiger partial charge in [-0.25, -0.2) is 18.7 Å². The van der Waals surface area contributed by atoms with E-state index in [-0.39, 0.29) is 17.9 Å². The van der Waals surface area contributed by atoms with E-state index in [1.807, 2.05) is 6.92 Å². The smallest absolute Gasteiger partial charge is 0.267 e. The summed E-state index contributed by atoms with van der Waals surface area (Å²) < 4.78 is 32.6. The van der Waals surface area contributed by atoms with Gasteiger partial charge in [-0.15, -0.1) is 0 Å². The number of hydrogen-bond donors (Lipinski definition) is 1. The quantitative estimate of drug-likeness (QED) is 0.798. The average Bonchev–Trinajstić information content (AvgIpc) is 2.51. The Morgan fingerprint density at radius 2 is 1.96 bits per heavy atom. The summed E-state index contributed by atoms with van der Waals surface area (Å²) in [6.07, 6.45) is -0.294. The lowest BCUT2D eigenvalue weighted by Crippen LogP contribution is -2.43. The van der Waals surface area contributed by atoms with Crippen LogP contribution in [-0.2, 0) is 0 Å². The summed E-state index contributed by atoms with van der Waals surface area (Å²) in [5, 5.41) is 0. The van der Waals surface area contributed by atoms with Gasteiger partial charge in [-0.3, -0.25) is 0 Å². The Bertz CT molecular complexity index is 718. The third-order valence-corrected chi connectivity index (χ3v) is 3.75. The fraction of sp³-hybridized carbons (Fsp3) is 0.474. The molecule has 1 atom stereocenters. The molecule has 0 radical (unpaired) electrons. The second-order valence-corrected chi connectivity index (χ2v) is 7.08. The number of rotatable bonds is 7. The van der Waals surface area contributed by atoms with Crippen LogP contribution in [0, 0.1) is 12.8 Å². The molecule has 0 saturated carbocycles. The highest BCUT2D eigenvalue weighted by Gasteiger charge is 2.23. The summed E-state index contributed by atoms with van der Waals surface area (Å²) in [6, 6.07) is 6.38. The first kappa shape index (κ1) is 19.2. The lowest BCUT2D eigenvalue weighted by molar-refractivity contribution is 0.140. The van der Waals surface area contributed by atoms with E-state index in [2.05, 4.69) is 23.8 Å². The molecule has 0 aliphatic heterocycles. The molecule has 0 saturated heterocycles. The Kier molecular flexibility index (Phi) is 6.06. The number of ether oxygens (including phenoxy) is 1. The van der Waals surface area contributed by atoms with Gasteiger partial charge in [0.1, 0.15) is 18.2 Å². The van der Waals surface area contributed by atoms with Gasteiger partial charge in [-0.2, -0.15) is 0 Å². The van der Waals surface area contributed by atoms with Gasteiger partial charge in [0, 0.05) is 17.3 Å². The van der Waals surface area contributed by atoms with Crippen molar-refractivity contribution in [2.45, 2.75) is 46.1 Å². The lowest BCUT2D eigenvalue weighted by atomic mass is 9.93. The molecule has 1 aromatic heterocycles. The van der Waals surface area contributed by atoms with Gasteiger partial charge in [0.05, 0.1) is 11.3 Å². The molecule has 0 unspecified atom stereocenters. The van der Waals surface area contributed by atoms with Crippen molar-refractivity contribution >= 4 is 0 Å². The largest absolute Gasteiger partial charge is 0.491 e. The number of aromatic nitrogens is 2. The molecule has 136 valence electrons. The molecule has 6 heteroatoms. The topological polar surface area (TPSA) is 61.0 Å². The first-order chi connectivity index (χ1) is 11.7. The van der Waals surface area contributed by atoms with E-state index in [4.69, 9.17) is 10.5 Å². The molecular formula is C19H25F2N3O. The van der Waals surface area contributed by atoms with Gasteiger partial charge in [-0.1, -0.05) is 13.8 Å². The molecule has 25 heavy (non-hydrogen) atoms. The molecule has 1 aromatic carbocycles. The van der Waals surface area contributed by atoms with Gasteiger partial charge in [0.15, 0.2) is 0 Å². The molecule has 0 fully saturated rings. The maximum Gasteiger partial charge on any atom is 0.267 e. The van der Waals surface area contributed by atoms with Crippen LogP contribution in [0.15, 0.2) is 30.5 Å². The molecule has 2 N–H and O–H groups in total. The Morgan fingerprint density at radius 3 is 2.56 bits per heavy atom. The van der Waals surface area contributed by atoms with Gasteiger partial charge in [0.25, 0.3) is 6.43 Å². The van der Waals surface area contributed by atoms with Crippen LogP contribution < -0.4 is 10.5 Å². The van der Waals surface area contributed by atoms with Crippen molar-refractivity contribution in [3.05, 3.63) is 41.9 Å². The van der Waals surface area contributed by atoms with Crippen molar-refractivity contribution < 1.29 is 13.5 Å². The summed E-state index contributed by atoms with van der Waals surface area (Å²) in [5.74, 6) is 1.14. The Balaban J connectivity index is 2.25. The number of hydrogen-bond acceptors (Lipinski definition) is 4. The van der Waals surface area contributed by atoms with Gasteiger partial charge in [0.2, 0.25) is 0 Å². The van der Waals surface area contributed by atoms with E-state index < -0.39 is 12.0 Å². The number of nitrogens with two attached hydrogens (primary N) is 1. The third-order valence-electron chi connectivity index (χ3n) is 3.75. The normalized spacial score (nSPS) is 14.0. The van der Waals surface area contributed by atoms with E-state index >= 15 is 0 Å². The summed E-state index contributed by atoms with van der Waals surface area (Å²) >= 11 is 0. The predicted octanol–water partition coefficient (Wildman–Crippen LogP) is 4.53. The minimum absolute atomic E-state index is 0.157. The molecule has 1 heterocycles. The molecule has 4 nitrogen and oxygen atoms in total. The van der Waals surface area contributed by atoms with Crippen molar-refractivity contribution in [1.29, 1.82) is 0 Å². The highest BCUT2D eigenvalue weighted by molar-refractivity contribution is 5.62. The van der Waals surface area contributed by atoms with Crippen LogP contribution in [-0.4, -0.2) is 22.1 Å². The fourth-order valence-electron chi connectivity index (χ4n) is 2.86. The van der Waals surface area contributed by atoms with Crippen LogP contribution >= 0.6 is 0 Å². The van der Waals surface area contributed by atoms with E-state index in [0.29, 0.717) is 23.0 Å². The Hall–Kier alpha value is -2.08. The molecule has 2 aromatic rings. The molecule has 0 aliphatic carbocycles. The minimum atomic E-state index is -2.65. The molecule has 0 bridgehead atoms. The number of aryl methyl sites for hydroxylation is 1. The van der Waals surface area contributed by atoms with Gasteiger partial charge < -0.3 is 10.5 Å². The second-order valence-electron chi connectivity index (χ2n) is 7.08. The molecule has 2 rings (SSSR count). The van der Waals surface area contributed by atoms with Crippen LogP contribution in [0.2, 0.25) is 0 Å². The molecule has 0 spiro atoms. The lowest BCUT2D eigenvalue weighted by Gasteiger charge is -2.27. The highest BCUT2D eigenvalue weighted by Crippen LogP contribution is 2.33. The predicted molar refractivity (Wildman–Crippen MR) is 94.7 cm³/mol. The van der Waals surface area contributed by atoms with Crippen molar-refractivity contribution in [3.8, 4) is 17.0 Å². The van der Waals surface area contributed by atoms with Crippen LogP contribution in [0.3, 0.4) is 0 Å². The van der Waals surface area contributed by atoms with Crippen molar-refractivity contribution in [2.75, 3.05) is 6.61 Å². The monoisotopic (exact) mass is 349 g/mol. The van der Waals surface area contributed by atoms with Crippen molar-refractivity contribution in [2.24, 2.45) is 11.7 Å². The summed E-state index contributed by atoms with van der Waals surface area (Å²) in [5.41, 5.74) is 6.67. The van der Waals surface area contributed by atoms with E-state index in [9.17, 15) is 8.78 Å². The number of nitrogens with zero attached hydrogens (tertiary/aromatic N) is 2. The first-order valence-corrected chi connectivity index (χ1v) is 8.32. The van der Waals surface area contributed by atoms with E-state index in [0.717, 1.165) is 6.42 Å². The van der Waals surface area contributed by atoms with Gasteiger partial charge >= 0.3 is 0 Å². The fourth-order valence-corrected chi connectivity index (χ4v) is 2.86. The van der Waals surface area contributed by atoms with Crippen LogP contribution in [0.4, 0.5) is 8.78 Å². The van der Waals surface area contributed by atoms with Crippen LogP contribution in [0.5, 0.6) is 5.75 Å². The average molecular weight is 349 g/mol. The number of alkyl halides is 2. The zero-order valence-electron chi connectivity index (χ0n) is 15.1. The zero-order valence-corrected chi connectivity index (χ0v) is 15.1. The zero-order chi connectivity index (χ0) is 18.6. The second kappa shape index (κ2) is 7.87. The maximum atomic E-state index is 13.5. The maximum absolute atomic E-state index is 13.5. The summed E-state index contributed by atoms with van der Waals surface area (Å²) in [4.78, 5) is 8.30. The third kappa shape index (κ3) is 5.46. The number of benzene rings is 1. The van der Waals surface area contributed by atoms with Crippen molar-refractivity contribution in [1.82, 2.24) is 9.97 Å². The van der Waals surface area contributed by atoms with E-state index in [1.54, 1.807) is 31.3 Å². The molecule has 0 amide bonds. The standard InChI is InChI=1S/C19H25F2N3O/c1-12(2)10-19(4,22)11-25-17-6-5-14(9-15(17)18(20)21)16-7-8-23-13(3)24-16/h5-9,12,18H,10-11,22H2,1-4H3/t19-/m0/s1. The van der Waals surface area contributed by atoms with Crippen LogP contribution in [0.1, 0.15) is 45.0 Å². The first-order valence-electron chi connectivity index (χ1n) is 8.32. The van der Waals surface area contributed by atoms with Crippen molar-refractivity contribution in [3.63, 3.8) is 0 Å². The SMILES string of the molecule is Cc1nccc(-c2ccc(OC[C@@](C)(N)CC(C)C)c(C(F)F)c2)n1. The highest BCUT2D eigenvalue weighted by atomic mass is 19.3. The Morgan fingerprint density at radius 1 is 1.24 bits per heavy atom. The Labute approximate surface area is 147 Å². The summed E-state index contributed by atoms with van der Waals surface area (Å²) in [7, 11) is 0. The van der Waals surface area contributed by atoms with Crippen LogP contribution in [0.25, 0.3) is 11.3 Å². The van der Waals surface area contributed by atoms with Gasteiger partial charge in [-0.05, 0) is 50.5 Å². The molecule has 0 aliphatic rings. The number of halogens is 2.